The molecule has 0 saturated heterocycles. The monoisotopic (exact) mass is 598 g/mol. The molecule has 0 amide bonds. The summed E-state index contributed by atoms with van der Waals surface area (Å²) < 4.78 is 270. The van der Waals surface area contributed by atoms with Crippen molar-refractivity contribution in [2.45, 2.75) is 59.9 Å². The fraction of sp³-hybridized carbons (Fsp3) is 1.00. The van der Waals surface area contributed by atoms with Gasteiger partial charge in [-0.1, -0.05) is 0 Å². The number of phosphoric acid groups is 1. The summed E-state index contributed by atoms with van der Waals surface area (Å²) in [5.74, 6) is -61.7. The number of hydrogen-bond acceptors (Lipinski definition) is 2. The maximum absolute atomic E-state index is 13.3. The Bertz CT molecular complexity index is 826. The zero-order chi connectivity index (χ0) is 29.3. The van der Waals surface area contributed by atoms with Gasteiger partial charge in [0.1, 0.15) is 0 Å². The summed E-state index contributed by atoms with van der Waals surface area (Å²) in [7, 11) is -6.93. The Morgan fingerprint density at radius 2 is 0.771 bits per heavy atom. The van der Waals surface area contributed by atoms with Crippen LogP contribution in [-0.4, -0.2) is 69.7 Å². The molecule has 0 spiro atoms. The van der Waals surface area contributed by atoms with Crippen molar-refractivity contribution in [2.24, 2.45) is 0 Å². The molecule has 35 heavy (non-hydrogen) atoms. The molecule has 25 heteroatoms. The normalized spacial score (nSPS) is 17.5. The van der Waals surface area contributed by atoms with E-state index in [-0.39, 0.29) is 0 Å². The summed E-state index contributed by atoms with van der Waals surface area (Å²) in [5, 5.41) is 0. The second-order valence-corrected chi connectivity index (χ2v) is 7.24. The third-order valence-corrected chi connectivity index (χ3v) is 4.08. The van der Waals surface area contributed by atoms with E-state index in [1.807, 2.05) is 4.52 Å². The van der Waals surface area contributed by atoms with Crippen LogP contribution in [0.25, 0.3) is 0 Å². The number of alkyl halides is 20. The zero-order valence-electron chi connectivity index (χ0n) is 14.8. The van der Waals surface area contributed by atoms with Crippen molar-refractivity contribution in [1.82, 2.24) is 0 Å². The van der Waals surface area contributed by atoms with Gasteiger partial charge in [0, 0.05) is 0 Å². The van der Waals surface area contributed by atoms with E-state index < -0.39 is 67.7 Å². The molecule has 1 atom stereocenters. The molecule has 0 aliphatic heterocycles. The first kappa shape index (κ1) is 33.7. The van der Waals surface area contributed by atoms with Crippen LogP contribution in [0.5, 0.6) is 0 Å². The van der Waals surface area contributed by atoms with Gasteiger partial charge < -0.3 is 9.79 Å². The molecule has 0 radical (unpaired) electrons. The van der Waals surface area contributed by atoms with Gasteiger partial charge in [-0.25, -0.2) is 13.5 Å². The van der Waals surface area contributed by atoms with Crippen molar-refractivity contribution in [1.29, 1.82) is 0 Å². The van der Waals surface area contributed by atoms with Crippen molar-refractivity contribution in [3.8, 4) is 0 Å². The van der Waals surface area contributed by atoms with E-state index in [0.717, 1.165) is 0 Å². The Kier molecular flexibility index (Phi) is 8.06. The Balaban J connectivity index is 6.88. The van der Waals surface area contributed by atoms with E-state index in [0.29, 0.717) is 0 Å². The Morgan fingerprint density at radius 3 is 1.03 bits per heavy atom. The van der Waals surface area contributed by atoms with Crippen molar-refractivity contribution >= 4 is 7.82 Å². The number of phosphoric ester groups is 1. The molecule has 2 N–H and O–H groups in total. The molecule has 0 aliphatic rings. The second kappa shape index (κ2) is 8.36. The van der Waals surface area contributed by atoms with Crippen molar-refractivity contribution in [3.63, 3.8) is 0 Å². The molecule has 0 bridgehead atoms. The topological polar surface area (TPSA) is 66.8 Å². The lowest BCUT2D eigenvalue weighted by molar-refractivity contribution is -0.466. The van der Waals surface area contributed by atoms with Crippen LogP contribution in [0.3, 0.4) is 0 Å². The van der Waals surface area contributed by atoms with Crippen molar-refractivity contribution in [3.05, 3.63) is 0 Å². The SMILES string of the molecule is O=P(O)(O)OC(F)(F)C(F)C(F)(F)C(F)(F)C(F)(F)C(F)(F)C(F)(F)C(F)(F)C(F)(F)C(F)(F)F. The van der Waals surface area contributed by atoms with E-state index in [2.05, 4.69) is 0 Å². The van der Waals surface area contributed by atoms with Gasteiger partial charge in [0.05, 0.1) is 0 Å². The van der Waals surface area contributed by atoms with Crippen LogP contribution in [-0.2, 0) is 9.09 Å². The third kappa shape index (κ3) is 4.86. The van der Waals surface area contributed by atoms with Gasteiger partial charge in [0.15, 0.2) is 0 Å². The molecule has 0 fully saturated rings. The van der Waals surface area contributed by atoms with Gasteiger partial charge >= 0.3 is 61.6 Å². The van der Waals surface area contributed by atoms with Crippen LogP contribution in [0.4, 0.5) is 87.8 Å². The van der Waals surface area contributed by atoms with Crippen molar-refractivity contribution < 1.29 is 107 Å². The maximum atomic E-state index is 13.3. The lowest BCUT2D eigenvalue weighted by atomic mass is 9.88. The van der Waals surface area contributed by atoms with Gasteiger partial charge in [-0.2, -0.15) is 83.4 Å². The van der Waals surface area contributed by atoms with Crippen LogP contribution in [0.15, 0.2) is 0 Å². The van der Waals surface area contributed by atoms with E-state index in [9.17, 15) is 92.4 Å². The van der Waals surface area contributed by atoms with E-state index in [1.54, 1.807) is 0 Å². The minimum absolute atomic E-state index is 1.89. The fourth-order valence-corrected chi connectivity index (χ4v) is 2.16. The van der Waals surface area contributed by atoms with Gasteiger partial charge in [0.25, 0.3) is 6.17 Å². The summed E-state index contributed by atoms with van der Waals surface area (Å²) in [4.78, 5) is 15.8. The lowest BCUT2D eigenvalue weighted by Gasteiger charge is -2.43. The lowest BCUT2D eigenvalue weighted by Crippen LogP contribution is -2.75. The average molecular weight is 598 g/mol. The minimum Gasteiger partial charge on any atom is -0.303 e. The van der Waals surface area contributed by atoms with E-state index >= 15 is 0 Å². The Labute approximate surface area is 176 Å². The summed E-state index contributed by atoms with van der Waals surface area (Å²) in [6.45, 7) is 0. The fourth-order valence-electron chi connectivity index (χ4n) is 1.75. The maximum Gasteiger partial charge on any atom is 0.474 e. The first-order chi connectivity index (χ1) is 14.6. The first-order valence-electron chi connectivity index (χ1n) is 7.11. The van der Waals surface area contributed by atoms with E-state index in [4.69, 9.17) is 9.79 Å². The van der Waals surface area contributed by atoms with Crippen LogP contribution in [0.1, 0.15) is 0 Å². The molecule has 1 unspecified atom stereocenters. The quantitative estimate of drug-likeness (QED) is 0.238. The zero-order valence-corrected chi connectivity index (χ0v) is 15.7. The van der Waals surface area contributed by atoms with Crippen LogP contribution < -0.4 is 0 Å². The molecule has 0 aromatic carbocycles. The summed E-state index contributed by atoms with van der Waals surface area (Å²) in [5.41, 5.74) is 0. The highest BCUT2D eigenvalue weighted by Crippen LogP contribution is 2.65. The molecule has 0 aromatic rings. The van der Waals surface area contributed by atoms with Crippen LogP contribution in [0.2, 0.25) is 0 Å². The first-order valence-corrected chi connectivity index (χ1v) is 8.64. The molecular weight excluding hydrogens is 595 g/mol. The molecule has 4 nitrogen and oxygen atoms in total. The number of halogens is 20. The number of hydrogen-bond donors (Lipinski definition) is 2. The van der Waals surface area contributed by atoms with Gasteiger partial charge in [-0.05, 0) is 0 Å². The third-order valence-electron chi connectivity index (χ3n) is 3.60. The number of rotatable bonds is 10. The van der Waals surface area contributed by atoms with E-state index in [1.165, 1.54) is 0 Å². The van der Waals surface area contributed by atoms with Gasteiger partial charge in [-0.3, -0.25) is 0 Å². The largest absolute Gasteiger partial charge is 0.474 e. The molecule has 212 valence electrons. The Hall–Kier alpha value is -1.29. The van der Waals surface area contributed by atoms with Gasteiger partial charge in [0.2, 0.25) is 0 Å². The van der Waals surface area contributed by atoms with Crippen molar-refractivity contribution in [2.75, 3.05) is 0 Å². The Morgan fingerprint density at radius 1 is 0.514 bits per heavy atom. The molecular formula is C10H3F20O4P. The minimum atomic E-state index is -9.15. The standard InChI is InChI=1S/C10H3F20O4P/c11-1(3(14,15)34-35(31,32)33)2(12,13)4(16,17)5(18,19)6(20,21)7(22,23)8(24,25)9(26,27)10(28,29)30/h1H,(H2,31,32,33). The van der Waals surface area contributed by atoms with Gasteiger partial charge in [-0.15, -0.1) is 0 Å². The summed E-state index contributed by atoms with van der Waals surface area (Å²) in [6, 6.07) is 0. The molecule has 0 saturated carbocycles. The molecule has 0 aliphatic carbocycles. The average Bonchev–Trinajstić information content (AvgIpc) is 2.56. The molecule has 0 heterocycles. The summed E-state index contributed by atoms with van der Waals surface area (Å²) in [6.07, 6.45) is -21.7. The highest BCUT2D eigenvalue weighted by Gasteiger charge is 2.96. The molecule has 0 aromatic heterocycles. The highest BCUT2D eigenvalue weighted by molar-refractivity contribution is 7.46. The predicted molar refractivity (Wildman–Crippen MR) is 63.7 cm³/mol. The highest BCUT2D eigenvalue weighted by atomic mass is 31.2. The predicted octanol–water partition coefficient (Wildman–Crippen LogP) is 6.04. The van der Waals surface area contributed by atoms with Crippen LogP contribution in [0, 0.1) is 0 Å². The smallest absolute Gasteiger partial charge is 0.303 e. The summed E-state index contributed by atoms with van der Waals surface area (Å²) >= 11 is 0. The van der Waals surface area contributed by atoms with Crippen LogP contribution >= 0.6 is 7.82 Å². The molecule has 0 rings (SSSR count). The second-order valence-electron chi connectivity index (χ2n) is 6.07.